The van der Waals surface area contributed by atoms with Crippen molar-refractivity contribution in [3.63, 3.8) is 0 Å². The minimum Gasteiger partial charge on any atom is -0.497 e. The molecule has 0 spiro atoms. The number of amides is 1. The topological polar surface area (TPSA) is 73.6 Å². The monoisotopic (exact) mass is 294 g/mol. The van der Waals surface area contributed by atoms with Crippen molar-refractivity contribution in [2.45, 2.75) is 39.2 Å². The first-order chi connectivity index (χ1) is 9.97. The molecule has 1 aromatic rings. The van der Waals surface area contributed by atoms with Crippen molar-refractivity contribution in [1.29, 1.82) is 0 Å². The molecule has 118 valence electrons. The van der Waals surface area contributed by atoms with Crippen LogP contribution in [0.4, 0.5) is 5.69 Å². The molecule has 0 fully saturated rings. The lowest BCUT2D eigenvalue weighted by Gasteiger charge is -2.15. The summed E-state index contributed by atoms with van der Waals surface area (Å²) in [6.07, 6.45) is 2.71. The average Bonchev–Trinajstić information content (AvgIpc) is 2.46. The van der Waals surface area contributed by atoms with Gasteiger partial charge in [0.2, 0.25) is 5.91 Å². The van der Waals surface area contributed by atoms with Gasteiger partial charge in [-0.05, 0) is 31.9 Å². The zero-order valence-electron chi connectivity index (χ0n) is 13.3. The highest BCUT2D eigenvalue weighted by Gasteiger charge is 2.15. The Morgan fingerprint density at radius 1 is 1.24 bits per heavy atom. The second-order valence-corrected chi connectivity index (χ2v) is 5.36. The van der Waals surface area contributed by atoms with Gasteiger partial charge in [-0.15, -0.1) is 0 Å². The molecule has 0 radical (unpaired) electrons. The van der Waals surface area contributed by atoms with Gasteiger partial charge in [-0.2, -0.15) is 0 Å². The maximum absolute atomic E-state index is 12.2. The number of hydrogen-bond donors (Lipinski definition) is 2. The van der Waals surface area contributed by atoms with E-state index in [9.17, 15) is 4.79 Å². The van der Waals surface area contributed by atoms with E-state index in [0.29, 0.717) is 17.2 Å². The van der Waals surface area contributed by atoms with Crippen LogP contribution >= 0.6 is 0 Å². The molecule has 1 amide bonds. The predicted octanol–water partition coefficient (Wildman–Crippen LogP) is 2.80. The molecule has 21 heavy (non-hydrogen) atoms. The van der Waals surface area contributed by atoms with Gasteiger partial charge in [-0.25, -0.2) is 0 Å². The number of ether oxygens (including phenoxy) is 2. The highest BCUT2D eigenvalue weighted by molar-refractivity contribution is 5.93. The number of benzene rings is 1. The molecular formula is C16H26N2O3. The normalized spacial score (nSPS) is 13.4. The molecule has 3 N–H and O–H groups in total. The summed E-state index contributed by atoms with van der Waals surface area (Å²) in [5.41, 5.74) is 6.37. The van der Waals surface area contributed by atoms with Gasteiger partial charge in [0, 0.05) is 18.0 Å². The smallest absolute Gasteiger partial charge is 0.227 e. The Morgan fingerprint density at radius 3 is 2.52 bits per heavy atom. The highest BCUT2D eigenvalue weighted by Crippen LogP contribution is 2.29. The fourth-order valence-corrected chi connectivity index (χ4v) is 2.03. The van der Waals surface area contributed by atoms with E-state index in [1.165, 1.54) is 0 Å². The summed E-state index contributed by atoms with van der Waals surface area (Å²) in [6.45, 7) is 3.90. The third-order valence-corrected chi connectivity index (χ3v) is 3.41. The average molecular weight is 294 g/mol. The molecule has 0 aliphatic heterocycles. The van der Waals surface area contributed by atoms with Gasteiger partial charge in [0.25, 0.3) is 0 Å². The maximum Gasteiger partial charge on any atom is 0.227 e. The van der Waals surface area contributed by atoms with Crippen LogP contribution in [0.1, 0.15) is 33.1 Å². The number of rotatable bonds is 8. The molecule has 2 atom stereocenters. The van der Waals surface area contributed by atoms with Crippen molar-refractivity contribution >= 4 is 11.6 Å². The third kappa shape index (κ3) is 5.63. The number of hydrogen-bond acceptors (Lipinski definition) is 4. The molecule has 2 unspecified atom stereocenters. The van der Waals surface area contributed by atoms with Crippen molar-refractivity contribution in [3.05, 3.63) is 18.2 Å². The summed E-state index contributed by atoms with van der Waals surface area (Å²) in [5.74, 6) is 1.21. The highest BCUT2D eigenvalue weighted by atomic mass is 16.5. The van der Waals surface area contributed by atoms with E-state index in [4.69, 9.17) is 15.2 Å². The van der Waals surface area contributed by atoms with Crippen LogP contribution in [0.3, 0.4) is 0 Å². The van der Waals surface area contributed by atoms with E-state index < -0.39 is 0 Å². The van der Waals surface area contributed by atoms with Crippen LogP contribution in [0.15, 0.2) is 18.2 Å². The molecule has 1 rings (SSSR count). The molecule has 0 bridgehead atoms. The van der Waals surface area contributed by atoms with Gasteiger partial charge in [0.15, 0.2) is 0 Å². The number of methoxy groups -OCH3 is 2. The Balaban J connectivity index is 2.61. The SMILES string of the molecule is COc1ccc(NC(=O)C(C)CCCC(C)N)c(OC)c1. The van der Waals surface area contributed by atoms with Crippen LogP contribution in [0, 0.1) is 5.92 Å². The second kappa shape index (κ2) is 8.52. The first-order valence-corrected chi connectivity index (χ1v) is 7.26. The first kappa shape index (κ1) is 17.3. The van der Waals surface area contributed by atoms with Crippen LogP contribution in [0.5, 0.6) is 11.5 Å². The van der Waals surface area contributed by atoms with Crippen molar-refractivity contribution in [2.24, 2.45) is 11.7 Å². The Kier molecular flexibility index (Phi) is 7.02. The number of carbonyl (C=O) groups excluding carboxylic acids is 1. The molecule has 0 heterocycles. The van der Waals surface area contributed by atoms with Crippen LogP contribution < -0.4 is 20.5 Å². The lowest BCUT2D eigenvalue weighted by Crippen LogP contribution is -2.21. The van der Waals surface area contributed by atoms with Crippen LogP contribution in [0.25, 0.3) is 0 Å². The van der Waals surface area contributed by atoms with E-state index >= 15 is 0 Å². The molecule has 0 aliphatic carbocycles. The van der Waals surface area contributed by atoms with Crippen molar-refractivity contribution in [2.75, 3.05) is 19.5 Å². The molecule has 5 heteroatoms. The minimum atomic E-state index is -0.0597. The lowest BCUT2D eigenvalue weighted by molar-refractivity contribution is -0.119. The third-order valence-electron chi connectivity index (χ3n) is 3.41. The summed E-state index contributed by atoms with van der Waals surface area (Å²) in [5, 5.41) is 2.90. The number of anilines is 1. The van der Waals surface area contributed by atoms with Gasteiger partial charge in [-0.1, -0.05) is 13.3 Å². The van der Waals surface area contributed by atoms with E-state index in [2.05, 4.69) is 5.32 Å². The van der Waals surface area contributed by atoms with E-state index in [-0.39, 0.29) is 17.9 Å². The number of nitrogens with one attached hydrogen (secondary N) is 1. The Hall–Kier alpha value is -1.75. The molecule has 0 aromatic heterocycles. The quantitative estimate of drug-likeness (QED) is 0.773. The van der Waals surface area contributed by atoms with Crippen molar-refractivity contribution in [3.8, 4) is 11.5 Å². The Labute approximate surface area is 126 Å². The van der Waals surface area contributed by atoms with E-state index in [1.807, 2.05) is 13.8 Å². The Morgan fingerprint density at radius 2 is 1.95 bits per heavy atom. The van der Waals surface area contributed by atoms with Crippen molar-refractivity contribution in [1.82, 2.24) is 0 Å². The van der Waals surface area contributed by atoms with Crippen LogP contribution in [-0.2, 0) is 4.79 Å². The summed E-state index contributed by atoms with van der Waals surface area (Å²) in [4.78, 5) is 12.2. The minimum absolute atomic E-state index is 0.0110. The molecular weight excluding hydrogens is 268 g/mol. The summed E-state index contributed by atoms with van der Waals surface area (Å²) < 4.78 is 10.4. The maximum atomic E-state index is 12.2. The number of carbonyl (C=O) groups is 1. The largest absolute Gasteiger partial charge is 0.497 e. The fraction of sp³-hybridized carbons (Fsp3) is 0.562. The zero-order valence-corrected chi connectivity index (χ0v) is 13.3. The standard InChI is InChI=1S/C16H26N2O3/c1-11(6-5-7-12(2)17)16(19)18-14-9-8-13(20-3)10-15(14)21-4/h8-12H,5-7,17H2,1-4H3,(H,18,19). The van der Waals surface area contributed by atoms with Crippen molar-refractivity contribution < 1.29 is 14.3 Å². The van der Waals surface area contributed by atoms with Gasteiger partial charge in [-0.3, -0.25) is 4.79 Å². The Bertz CT molecular complexity index is 461. The van der Waals surface area contributed by atoms with Gasteiger partial charge in [0.05, 0.1) is 19.9 Å². The zero-order chi connectivity index (χ0) is 15.8. The van der Waals surface area contributed by atoms with E-state index in [0.717, 1.165) is 19.3 Å². The predicted molar refractivity (Wildman–Crippen MR) is 84.8 cm³/mol. The number of nitrogens with two attached hydrogens (primary N) is 1. The summed E-state index contributed by atoms with van der Waals surface area (Å²) >= 11 is 0. The molecule has 0 aliphatic rings. The van der Waals surface area contributed by atoms with Crippen LogP contribution in [-0.4, -0.2) is 26.2 Å². The molecule has 0 saturated carbocycles. The molecule has 5 nitrogen and oxygen atoms in total. The van der Waals surface area contributed by atoms with Gasteiger partial charge >= 0.3 is 0 Å². The summed E-state index contributed by atoms with van der Waals surface area (Å²) in [6, 6.07) is 5.50. The lowest BCUT2D eigenvalue weighted by atomic mass is 10.0. The van der Waals surface area contributed by atoms with Gasteiger partial charge in [0.1, 0.15) is 11.5 Å². The van der Waals surface area contributed by atoms with E-state index in [1.54, 1.807) is 32.4 Å². The van der Waals surface area contributed by atoms with Gasteiger partial charge < -0.3 is 20.5 Å². The summed E-state index contributed by atoms with van der Waals surface area (Å²) in [7, 11) is 3.16. The molecule has 0 saturated heterocycles. The second-order valence-electron chi connectivity index (χ2n) is 5.36. The first-order valence-electron chi connectivity index (χ1n) is 7.26. The van der Waals surface area contributed by atoms with Crippen LogP contribution in [0.2, 0.25) is 0 Å². The molecule has 1 aromatic carbocycles. The fourth-order valence-electron chi connectivity index (χ4n) is 2.03.